The first-order valence-electron chi connectivity index (χ1n) is 5.36. The van der Waals surface area contributed by atoms with Gasteiger partial charge in [0.05, 0.1) is 16.2 Å². The van der Waals surface area contributed by atoms with E-state index in [-0.39, 0.29) is 11.4 Å². The first-order chi connectivity index (χ1) is 8.68. The van der Waals surface area contributed by atoms with Crippen molar-refractivity contribution in [3.8, 4) is 11.4 Å². The zero-order valence-electron chi connectivity index (χ0n) is 9.22. The van der Waals surface area contributed by atoms with Crippen LogP contribution in [0.1, 0.15) is 0 Å². The monoisotopic (exact) mass is 260 g/mol. The fourth-order valence-electron chi connectivity index (χ4n) is 1.99. The maximum atomic E-state index is 12.0. The maximum Gasteiger partial charge on any atom is 0.331 e. The molecule has 5 heteroatoms. The lowest BCUT2D eigenvalue weighted by Crippen LogP contribution is -2.14. The Balaban J connectivity index is 2.44. The molecule has 0 aliphatic carbocycles. The van der Waals surface area contributed by atoms with Crippen molar-refractivity contribution in [2.45, 2.75) is 0 Å². The number of rotatable bonds is 1. The van der Waals surface area contributed by atoms with E-state index in [1.54, 1.807) is 36.4 Å². The standard InChI is InChI=1S/C13H9ClN2O2/c14-8-4-1-2-5-9(8)16-10-6-3-7-11(17)12(10)15-13(16)18/h1-7,17H,(H,15,18). The van der Waals surface area contributed by atoms with Gasteiger partial charge in [-0.2, -0.15) is 0 Å². The van der Waals surface area contributed by atoms with Gasteiger partial charge < -0.3 is 10.1 Å². The number of phenolic OH excluding ortho intramolecular Hbond substituents is 1. The topological polar surface area (TPSA) is 58.0 Å². The minimum Gasteiger partial charge on any atom is -0.506 e. The molecule has 90 valence electrons. The number of halogens is 1. The highest BCUT2D eigenvalue weighted by Crippen LogP contribution is 2.26. The minimum absolute atomic E-state index is 0.0374. The third-order valence-corrected chi connectivity index (χ3v) is 3.11. The molecule has 0 spiro atoms. The Kier molecular flexibility index (Phi) is 2.38. The van der Waals surface area contributed by atoms with Gasteiger partial charge in [-0.1, -0.05) is 29.8 Å². The summed E-state index contributed by atoms with van der Waals surface area (Å²) >= 11 is 6.09. The number of aromatic nitrogens is 2. The largest absolute Gasteiger partial charge is 0.506 e. The summed E-state index contributed by atoms with van der Waals surface area (Å²) in [5, 5.41) is 10.2. The summed E-state index contributed by atoms with van der Waals surface area (Å²) in [4.78, 5) is 14.6. The molecule has 18 heavy (non-hydrogen) atoms. The van der Waals surface area contributed by atoms with Crippen LogP contribution in [0, 0.1) is 0 Å². The molecule has 0 amide bonds. The van der Waals surface area contributed by atoms with Crippen LogP contribution in [-0.4, -0.2) is 14.7 Å². The molecule has 1 aromatic heterocycles. The van der Waals surface area contributed by atoms with Crippen molar-refractivity contribution in [3.05, 3.63) is 58.0 Å². The zero-order valence-corrected chi connectivity index (χ0v) is 9.98. The van der Waals surface area contributed by atoms with Crippen LogP contribution in [0.4, 0.5) is 0 Å². The maximum absolute atomic E-state index is 12.0. The van der Waals surface area contributed by atoms with Gasteiger partial charge in [0.25, 0.3) is 0 Å². The van der Waals surface area contributed by atoms with Crippen LogP contribution in [0.2, 0.25) is 5.02 Å². The van der Waals surface area contributed by atoms with Crippen LogP contribution in [-0.2, 0) is 0 Å². The molecule has 0 atom stereocenters. The second kappa shape index (κ2) is 3.92. The quantitative estimate of drug-likeness (QED) is 0.707. The van der Waals surface area contributed by atoms with E-state index in [2.05, 4.69) is 4.98 Å². The molecule has 0 saturated carbocycles. The van der Waals surface area contributed by atoms with Crippen molar-refractivity contribution in [2.75, 3.05) is 0 Å². The number of para-hydroxylation sites is 2. The number of hydrogen-bond donors (Lipinski definition) is 2. The van der Waals surface area contributed by atoms with Gasteiger partial charge in [-0.25, -0.2) is 4.79 Å². The van der Waals surface area contributed by atoms with Crippen LogP contribution < -0.4 is 5.69 Å². The molecule has 4 nitrogen and oxygen atoms in total. The lowest BCUT2D eigenvalue weighted by molar-refractivity contribution is 0.480. The Hall–Kier alpha value is -2.20. The Morgan fingerprint density at radius 1 is 1.11 bits per heavy atom. The van der Waals surface area contributed by atoms with Gasteiger partial charge in [0.2, 0.25) is 0 Å². The number of aromatic amines is 1. The second-order valence-electron chi connectivity index (χ2n) is 3.89. The molecule has 0 unspecified atom stereocenters. The molecular formula is C13H9ClN2O2. The summed E-state index contributed by atoms with van der Waals surface area (Å²) in [6.07, 6.45) is 0. The van der Waals surface area contributed by atoms with Crippen molar-refractivity contribution < 1.29 is 5.11 Å². The zero-order chi connectivity index (χ0) is 12.7. The number of nitrogens with one attached hydrogen (secondary N) is 1. The van der Waals surface area contributed by atoms with Crippen LogP contribution in [0.25, 0.3) is 16.7 Å². The number of imidazole rings is 1. The Morgan fingerprint density at radius 2 is 1.89 bits per heavy atom. The number of hydrogen-bond acceptors (Lipinski definition) is 2. The molecule has 0 bridgehead atoms. The van der Waals surface area contributed by atoms with Gasteiger partial charge in [-0.15, -0.1) is 0 Å². The molecule has 1 heterocycles. The molecule has 3 rings (SSSR count). The third-order valence-electron chi connectivity index (χ3n) is 2.79. The lowest BCUT2D eigenvalue weighted by Gasteiger charge is -2.05. The van der Waals surface area contributed by atoms with Crippen LogP contribution in [0.5, 0.6) is 5.75 Å². The highest BCUT2D eigenvalue weighted by atomic mass is 35.5. The first kappa shape index (κ1) is 10.9. The van der Waals surface area contributed by atoms with Gasteiger partial charge in [0.15, 0.2) is 0 Å². The molecule has 2 aromatic carbocycles. The molecule has 2 N–H and O–H groups in total. The van der Waals surface area contributed by atoms with E-state index in [4.69, 9.17) is 11.6 Å². The van der Waals surface area contributed by atoms with Gasteiger partial charge in [-0.3, -0.25) is 4.57 Å². The predicted molar refractivity (Wildman–Crippen MR) is 70.6 cm³/mol. The van der Waals surface area contributed by atoms with E-state index in [0.717, 1.165) is 0 Å². The van der Waals surface area contributed by atoms with E-state index < -0.39 is 0 Å². The number of H-pyrrole nitrogens is 1. The van der Waals surface area contributed by atoms with Crippen molar-refractivity contribution in [2.24, 2.45) is 0 Å². The summed E-state index contributed by atoms with van der Waals surface area (Å²) in [7, 11) is 0. The minimum atomic E-state index is -0.334. The van der Waals surface area contributed by atoms with Gasteiger partial charge in [0, 0.05) is 0 Å². The van der Waals surface area contributed by atoms with Gasteiger partial charge >= 0.3 is 5.69 Å². The summed E-state index contributed by atoms with van der Waals surface area (Å²) in [5.74, 6) is 0.0374. The first-order valence-corrected chi connectivity index (χ1v) is 5.74. The van der Waals surface area contributed by atoms with E-state index in [1.807, 2.05) is 0 Å². The van der Waals surface area contributed by atoms with Gasteiger partial charge in [-0.05, 0) is 24.3 Å². The molecule has 0 saturated heterocycles. The molecule has 0 aliphatic rings. The normalized spacial score (nSPS) is 10.9. The summed E-state index contributed by atoms with van der Waals surface area (Å²) in [6, 6.07) is 12.0. The molecule has 0 fully saturated rings. The second-order valence-corrected chi connectivity index (χ2v) is 4.30. The van der Waals surface area contributed by atoms with E-state index in [1.165, 1.54) is 10.6 Å². The van der Waals surface area contributed by atoms with Crippen LogP contribution in [0.15, 0.2) is 47.3 Å². The van der Waals surface area contributed by atoms with Gasteiger partial charge in [0.1, 0.15) is 11.3 Å². The fourth-order valence-corrected chi connectivity index (χ4v) is 2.21. The van der Waals surface area contributed by atoms with Crippen molar-refractivity contribution in [3.63, 3.8) is 0 Å². The number of nitrogens with zero attached hydrogens (tertiary/aromatic N) is 1. The number of benzene rings is 2. The molecule has 0 aliphatic heterocycles. The highest BCUT2D eigenvalue weighted by molar-refractivity contribution is 6.32. The van der Waals surface area contributed by atoms with E-state index in [9.17, 15) is 9.90 Å². The predicted octanol–water partition coefficient (Wildman–Crippen LogP) is 2.68. The average Bonchev–Trinajstić information content (AvgIpc) is 2.68. The van der Waals surface area contributed by atoms with Crippen LogP contribution in [0.3, 0.4) is 0 Å². The van der Waals surface area contributed by atoms with Crippen molar-refractivity contribution >= 4 is 22.6 Å². The number of aromatic hydroxyl groups is 1. The van der Waals surface area contributed by atoms with Crippen molar-refractivity contribution in [1.29, 1.82) is 0 Å². The van der Waals surface area contributed by atoms with Crippen LogP contribution >= 0.6 is 11.6 Å². The van der Waals surface area contributed by atoms with E-state index >= 15 is 0 Å². The lowest BCUT2D eigenvalue weighted by atomic mass is 10.2. The highest BCUT2D eigenvalue weighted by Gasteiger charge is 2.12. The van der Waals surface area contributed by atoms with E-state index in [0.29, 0.717) is 21.7 Å². The molecular weight excluding hydrogens is 252 g/mol. The number of phenols is 1. The smallest absolute Gasteiger partial charge is 0.331 e. The fraction of sp³-hybridized carbons (Fsp3) is 0. The molecule has 3 aromatic rings. The SMILES string of the molecule is O=c1[nH]c2c(O)cccc2n1-c1ccccc1Cl. The summed E-state index contributed by atoms with van der Waals surface area (Å²) < 4.78 is 1.44. The Labute approximate surface area is 107 Å². The third kappa shape index (κ3) is 1.50. The van der Waals surface area contributed by atoms with Crippen molar-refractivity contribution in [1.82, 2.24) is 9.55 Å². The Bertz CT molecular complexity index is 789. The Morgan fingerprint density at radius 3 is 2.67 bits per heavy atom. The summed E-state index contributed by atoms with van der Waals surface area (Å²) in [5.41, 5.74) is 1.25. The molecule has 0 radical (unpaired) electrons. The average molecular weight is 261 g/mol. The number of fused-ring (bicyclic) bond motifs is 1. The summed E-state index contributed by atoms with van der Waals surface area (Å²) in [6.45, 7) is 0.